The Labute approximate surface area is 34.8 Å². The Bertz CT molecular complexity index is 26.7. The maximum absolute atomic E-state index is 8.05. The van der Waals surface area contributed by atoms with Crippen molar-refractivity contribution in [3.8, 4) is 0 Å². The molecule has 0 aromatic carbocycles. The van der Waals surface area contributed by atoms with Crippen LogP contribution in [0.25, 0.3) is 0 Å². The molecule has 0 saturated heterocycles. The highest BCUT2D eigenvalue weighted by Gasteiger charge is 1.89. The van der Waals surface area contributed by atoms with Crippen LogP contribution < -0.4 is 0 Å². The van der Waals surface area contributed by atoms with Gasteiger partial charge in [0.25, 0.3) is 0 Å². The highest BCUT2D eigenvalue weighted by atomic mass is 17.5. The number of aliphatic hydroxyl groups is 1. The molecule has 0 aliphatic heterocycles. The molecule has 2 N–H and O–H groups in total. The Morgan fingerprint density at radius 2 is 2.17 bits per heavy atom. The molecule has 4 nitrogen and oxygen atoms in total. The third-order valence-corrected chi connectivity index (χ3v) is 0.182. The van der Waals surface area contributed by atoms with Crippen molar-refractivity contribution in [2.45, 2.75) is 13.2 Å². The fraction of sp³-hybridized carbons (Fsp3) is 1.00. The fourth-order valence-electron chi connectivity index (χ4n) is 0.0623. The van der Waals surface area contributed by atoms with Crippen molar-refractivity contribution in [1.82, 2.24) is 0 Å². The van der Waals surface area contributed by atoms with Gasteiger partial charge in [-0.05, 0) is 6.92 Å². The second-order valence-corrected chi connectivity index (χ2v) is 0.770. The minimum absolute atomic E-state index is 1.07. The average molecular weight is 94.1 g/mol. The Hall–Kier alpha value is -0.160. The third kappa shape index (κ3) is 3.84. The molecule has 0 aromatic rings. The minimum Gasteiger partial charge on any atom is -0.366 e. The van der Waals surface area contributed by atoms with E-state index in [1.54, 1.807) is 0 Å². The molecule has 0 saturated carbocycles. The van der Waals surface area contributed by atoms with Crippen LogP contribution in [0.5, 0.6) is 0 Å². The molecule has 0 aromatic heterocycles. The Morgan fingerprint density at radius 3 is 2.17 bits per heavy atom. The van der Waals surface area contributed by atoms with E-state index in [0.717, 1.165) is 0 Å². The summed E-state index contributed by atoms with van der Waals surface area (Å²) in [6, 6.07) is 0. The van der Waals surface area contributed by atoms with Gasteiger partial charge in [0, 0.05) is 0 Å². The molecular weight excluding hydrogens is 88.0 g/mol. The van der Waals surface area contributed by atoms with Crippen molar-refractivity contribution >= 4 is 0 Å². The van der Waals surface area contributed by atoms with Crippen LogP contribution in [0.1, 0.15) is 6.92 Å². The van der Waals surface area contributed by atoms with Gasteiger partial charge < -0.3 is 5.11 Å². The largest absolute Gasteiger partial charge is 0.366 e. The summed E-state index contributed by atoms with van der Waals surface area (Å²) in [5, 5.41) is 18.5. The predicted octanol–water partition coefficient (Wildman–Crippen LogP) is -0.254. The first kappa shape index (κ1) is 5.84. The topological polar surface area (TPSA) is 58.9 Å². The summed E-state index contributed by atoms with van der Waals surface area (Å²) in [6.07, 6.45) is -1.07. The van der Waals surface area contributed by atoms with Gasteiger partial charge in [-0.3, -0.25) is 0 Å². The molecular formula is C2H6O4. The average Bonchev–Trinajstić information content (AvgIpc) is 1.35. The lowest BCUT2D eigenvalue weighted by atomic mass is 10.8. The van der Waals surface area contributed by atoms with Crippen LogP contribution in [0.4, 0.5) is 0 Å². The van der Waals surface area contributed by atoms with Gasteiger partial charge >= 0.3 is 0 Å². The van der Waals surface area contributed by atoms with E-state index in [4.69, 9.17) is 10.4 Å². The monoisotopic (exact) mass is 94.0 g/mol. The molecule has 4 heteroatoms. The van der Waals surface area contributed by atoms with Crippen LogP contribution in [0, 0.1) is 0 Å². The van der Waals surface area contributed by atoms with Crippen LogP contribution in [0.3, 0.4) is 0 Å². The summed E-state index contributed by atoms with van der Waals surface area (Å²) in [7, 11) is 0. The van der Waals surface area contributed by atoms with Crippen molar-refractivity contribution in [2.75, 3.05) is 0 Å². The first-order chi connectivity index (χ1) is 2.77. The summed E-state index contributed by atoms with van der Waals surface area (Å²) in [5.74, 6) is 0. The molecule has 0 aliphatic rings. The van der Waals surface area contributed by atoms with Gasteiger partial charge in [0.1, 0.15) is 0 Å². The van der Waals surface area contributed by atoms with Gasteiger partial charge in [0.15, 0.2) is 6.29 Å². The van der Waals surface area contributed by atoms with Crippen molar-refractivity contribution in [2.24, 2.45) is 0 Å². The second-order valence-electron chi connectivity index (χ2n) is 0.770. The van der Waals surface area contributed by atoms with Gasteiger partial charge in [-0.2, -0.15) is 4.89 Å². The maximum Gasteiger partial charge on any atom is 0.188 e. The number of aliphatic hydroxyl groups excluding tert-OH is 1. The molecule has 0 radical (unpaired) electrons. The smallest absolute Gasteiger partial charge is 0.188 e. The Morgan fingerprint density at radius 1 is 1.67 bits per heavy atom. The van der Waals surface area contributed by atoms with Crippen molar-refractivity contribution in [3.05, 3.63) is 0 Å². The lowest BCUT2D eigenvalue weighted by Crippen LogP contribution is -2.03. The molecule has 0 fully saturated rings. The van der Waals surface area contributed by atoms with E-state index in [1.807, 2.05) is 0 Å². The standard InChI is InChI=1S/C2H6O4/c1-2(3)5-6-4/h2-4H,1H3. The molecule has 0 rings (SSSR count). The summed E-state index contributed by atoms with van der Waals surface area (Å²) in [6.45, 7) is 1.30. The van der Waals surface area contributed by atoms with Gasteiger partial charge in [-0.25, -0.2) is 5.26 Å². The van der Waals surface area contributed by atoms with Crippen LogP contribution in [-0.2, 0) is 9.93 Å². The zero-order chi connectivity index (χ0) is 4.99. The zero-order valence-electron chi connectivity index (χ0n) is 3.29. The lowest BCUT2D eigenvalue weighted by molar-refractivity contribution is -0.524. The molecule has 0 amide bonds. The van der Waals surface area contributed by atoms with Crippen LogP contribution in [0.2, 0.25) is 0 Å². The number of hydrogen-bond acceptors (Lipinski definition) is 4. The molecule has 38 valence electrons. The molecule has 0 aliphatic carbocycles. The molecule has 1 unspecified atom stereocenters. The van der Waals surface area contributed by atoms with E-state index >= 15 is 0 Å². The molecule has 1 atom stereocenters. The molecule has 0 heterocycles. The van der Waals surface area contributed by atoms with Crippen LogP contribution >= 0.6 is 0 Å². The van der Waals surface area contributed by atoms with Gasteiger partial charge in [-0.1, -0.05) is 5.04 Å². The lowest BCUT2D eigenvalue weighted by Gasteiger charge is -1.95. The van der Waals surface area contributed by atoms with E-state index in [1.165, 1.54) is 6.92 Å². The van der Waals surface area contributed by atoms with Gasteiger partial charge in [0.2, 0.25) is 0 Å². The highest BCUT2D eigenvalue weighted by Crippen LogP contribution is 1.78. The quantitative estimate of drug-likeness (QED) is 0.281. The predicted molar refractivity (Wildman–Crippen MR) is 16.5 cm³/mol. The summed E-state index contributed by atoms with van der Waals surface area (Å²) in [5.41, 5.74) is 0. The van der Waals surface area contributed by atoms with Gasteiger partial charge in [-0.15, -0.1) is 0 Å². The fourth-order valence-corrected chi connectivity index (χ4v) is 0.0623. The molecule has 0 bridgehead atoms. The number of rotatable bonds is 2. The summed E-state index contributed by atoms with van der Waals surface area (Å²) >= 11 is 0. The number of hydrogen-bond donors (Lipinski definition) is 2. The van der Waals surface area contributed by atoms with Crippen LogP contribution in [0.15, 0.2) is 0 Å². The first-order valence-electron chi connectivity index (χ1n) is 1.42. The van der Waals surface area contributed by atoms with Crippen LogP contribution in [-0.4, -0.2) is 16.7 Å². The minimum atomic E-state index is -1.07. The Kier molecular flexibility index (Phi) is 2.97. The Balaban J connectivity index is 2.63. The second kappa shape index (κ2) is 3.05. The van der Waals surface area contributed by atoms with E-state index in [2.05, 4.69) is 9.93 Å². The summed E-state index contributed by atoms with van der Waals surface area (Å²) in [4.78, 5) is 3.65. The SMILES string of the molecule is CC(O)OOO. The zero-order valence-corrected chi connectivity index (χ0v) is 3.29. The molecule has 0 spiro atoms. The maximum atomic E-state index is 8.05. The van der Waals surface area contributed by atoms with Gasteiger partial charge in [0.05, 0.1) is 0 Å². The first-order valence-corrected chi connectivity index (χ1v) is 1.42. The third-order valence-electron chi connectivity index (χ3n) is 0.182. The van der Waals surface area contributed by atoms with Crippen molar-refractivity contribution in [1.29, 1.82) is 0 Å². The van der Waals surface area contributed by atoms with E-state index in [0.29, 0.717) is 0 Å². The van der Waals surface area contributed by atoms with Crippen molar-refractivity contribution in [3.63, 3.8) is 0 Å². The highest BCUT2D eigenvalue weighted by molar-refractivity contribution is 4.07. The molecule has 6 heavy (non-hydrogen) atoms. The van der Waals surface area contributed by atoms with Crippen molar-refractivity contribution < 1.29 is 20.3 Å². The van der Waals surface area contributed by atoms with E-state index < -0.39 is 6.29 Å². The summed E-state index contributed by atoms with van der Waals surface area (Å²) < 4.78 is 0. The normalized spacial score (nSPS) is 14.5. The van der Waals surface area contributed by atoms with E-state index in [-0.39, 0.29) is 0 Å². The van der Waals surface area contributed by atoms with E-state index in [9.17, 15) is 0 Å².